The molecule has 0 radical (unpaired) electrons. The summed E-state index contributed by atoms with van der Waals surface area (Å²) in [5.74, 6) is -1.63. The minimum Gasteiger partial charge on any atom is -0.480 e. The van der Waals surface area contributed by atoms with E-state index in [0.29, 0.717) is 11.1 Å². The summed E-state index contributed by atoms with van der Waals surface area (Å²) in [5.41, 5.74) is 1.46. The van der Waals surface area contributed by atoms with Crippen LogP contribution in [0.5, 0.6) is 0 Å². The van der Waals surface area contributed by atoms with Gasteiger partial charge in [0.2, 0.25) is 0 Å². The van der Waals surface area contributed by atoms with E-state index in [9.17, 15) is 14.4 Å². The Hall–Kier alpha value is -3.15. The van der Waals surface area contributed by atoms with Gasteiger partial charge in [-0.15, -0.1) is 0 Å². The minimum atomic E-state index is -1.04. The molecule has 0 aromatic heterocycles. The van der Waals surface area contributed by atoms with E-state index in [4.69, 9.17) is 5.11 Å². The maximum Gasteiger partial charge on any atom is 0.323 e. The van der Waals surface area contributed by atoms with E-state index in [1.165, 1.54) is 15.9 Å². The Morgan fingerprint density at radius 1 is 0.962 bits per heavy atom. The summed E-state index contributed by atoms with van der Waals surface area (Å²) in [6, 6.07) is 15.6. The highest BCUT2D eigenvalue weighted by Gasteiger charge is 2.34. The van der Waals surface area contributed by atoms with Crippen molar-refractivity contribution in [3.05, 3.63) is 65.7 Å². The van der Waals surface area contributed by atoms with Crippen molar-refractivity contribution < 1.29 is 19.5 Å². The maximum atomic E-state index is 12.7. The first kappa shape index (κ1) is 17.7. The van der Waals surface area contributed by atoms with Gasteiger partial charge < -0.3 is 14.9 Å². The molecule has 6 heteroatoms. The SMILES string of the molecule is CN(C(=O)c1cccc(C(=O)N(CC(=O)O)C2CC2)c1)c1ccccc1. The second-order valence-electron chi connectivity index (χ2n) is 6.34. The number of carboxylic acid groups (broad SMARTS) is 1. The summed E-state index contributed by atoms with van der Waals surface area (Å²) in [7, 11) is 1.67. The molecule has 1 aliphatic rings. The van der Waals surface area contributed by atoms with Crippen molar-refractivity contribution in [2.75, 3.05) is 18.5 Å². The van der Waals surface area contributed by atoms with E-state index in [-0.39, 0.29) is 24.4 Å². The van der Waals surface area contributed by atoms with Gasteiger partial charge in [0.25, 0.3) is 11.8 Å². The monoisotopic (exact) mass is 352 g/mol. The zero-order valence-electron chi connectivity index (χ0n) is 14.5. The quantitative estimate of drug-likeness (QED) is 0.867. The van der Waals surface area contributed by atoms with Crippen molar-refractivity contribution in [2.24, 2.45) is 0 Å². The van der Waals surface area contributed by atoms with Gasteiger partial charge in [-0.2, -0.15) is 0 Å². The Labute approximate surface area is 151 Å². The molecule has 2 amide bonds. The van der Waals surface area contributed by atoms with E-state index >= 15 is 0 Å². The molecule has 1 N–H and O–H groups in total. The highest BCUT2D eigenvalue weighted by atomic mass is 16.4. The molecule has 0 saturated heterocycles. The van der Waals surface area contributed by atoms with Gasteiger partial charge in [-0.1, -0.05) is 24.3 Å². The summed E-state index contributed by atoms with van der Waals surface area (Å²) >= 11 is 0. The van der Waals surface area contributed by atoms with Crippen molar-refractivity contribution in [1.29, 1.82) is 0 Å². The lowest BCUT2D eigenvalue weighted by Crippen LogP contribution is -2.37. The third-order valence-corrected chi connectivity index (χ3v) is 4.36. The van der Waals surface area contributed by atoms with E-state index in [2.05, 4.69) is 0 Å². The number of carbonyl (C=O) groups excluding carboxylic acids is 2. The molecule has 1 aliphatic carbocycles. The van der Waals surface area contributed by atoms with Crippen molar-refractivity contribution >= 4 is 23.5 Å². The Kier molecular flexibility index (Phi) is 5.02. The first-order valence-corrected chi connectivity index (χ1v) is 8.43. The van der Waals surface area contributed by atoms with E-state index in [0.717, 1.165) is 18.5 Å². The van der Waals surface area contributed by atoms with E-state index < -0.39 is 5.97 Å². The van der Waals surface area contributed by atoms with Gasteiger partial charge in [-0.3, -0.25) is 14.4 Å². The lowest BCUT2D eigenvalue weighted by atomic mass is 10.1. The van der Waals surface area contributed by atoms with Gasteiger partial charge in [0.1, 0.15) is 6.54 Å². The standard InChI is InChI=1S/C20H20N2O4/c1-21(16-8-3-2-4-9-16)19(25)14-6-5-7-15(12-14)20(26)22(13-18(23)24)17-10-11-17/h2-9,12,17H,10-11,13H2,1H3,(H,23,24). The van der Waals surface area contributed by atoms with Crippen LogP contribution in [0.1, 0.15) is 33.6 Å². The zero-order chi connectivity index (χ0) is 18.7. The van der Waals surface area contributed by atoms with Crippen molar-refractivity contribution in [1.82, 2.24) is 4.90 Å². The number of anilines is 1. The number of benzene rings is 2. The lowest BCUT2D eigenvalue weighted by Gasteiger charge is -2.21. The Morgan fingerprint density at radius 3 is 2.15 bits per heavy atom. The van der Waals surface area contributed by atoms with E-state index in [1.807, 2.05) is 30.3 Å². The number of hydrogen-bond donors (Lipinski definition) is 1. The van der Waals surface area contributed by atoms with Crippen LogP contribution in [0.2, 0.25) is 0 Å². The van der Waals surface area contributed by atoms with Crippen molar-refractivity contribution in [3.8, 4) is 0 Å². The van der Waals surface area contributed by atoms with Crippen LogP contribution in [0.4, 0.5) is 5.69 Å². The molecule has 6 nitrogen and oxygen atoms in total. The van der Waals surface area contributed by atoms with Crippen LogP contribution in [0.15, 0.2) is 54.6 Å². The summed E-state index contributed by atoms with van der Waals surface area (Å²) in [6.45, 7) is -0.328. The molecule has 26 heavy (non-hydrogen) atoms. The van der Waals surface area contributed by atoms with Gasteiger partial charge in [0.15, 0.2) is 0 Å². The minimum absolute atomic E-state index is 0.0232. The highest BCUT2D eigenvalue weighted by molar-refractivity contribution is 6.07. The lowest BCUT2D eigenvalue weighted by molar-refractivity contribution is -0.137. The number of amides is 2. The Balaban J connectivity index is 1.82. The largest absolute Gasteiger partial charge is 0.480 e. The fraction of sp³-hybridized carbons (Fsp3) is 0.250. The summed E-state index contributed by atoms with van der Waals surface area (Å²) in [5, 5.41) is 9.04. The first-order chi connectivity index (χ1) is 12.5. The van der Waals surface area contributed by atoms with Gasteiger partial charge in [-0.05, 0) is 43.2 Å². The van der Waals surface area contributed by atoms with Crippen LogP contribution in [0, 0.1) is 0 Å². The molecule has 0 heterocycles. The van der Waals surface area contributed by atoms with Gasteiger partial charge in [0.05, 0.1) is 0 Å². The predicted molar refractivity (Wildman–Crippen MR) is 97.3 cm³/mol. The van der Waals surface area contributed by atoms with Crippen LogP contribution in [0.25, 0.3) is 0 Å². The van der Waals surface area contributed by atoms with Gasteiger partial charge in [0, 0.05) is 29.9 Å². The Bertz CT molecular complexity index is 831. The number of hydrogen-bond acceptors (Lipinski definition) is 3. The second kappa shape index (κ2) is 7.39. The smallest absolute Gasteiger partial charge is 0.323 e. The summed E-state index contributed by atoms with van der Waals surface area (Å²) in [6.07, 6.45) is 1.63. The molecule has 2 aromatic carbocycles. The highest BCUT2D eigenvalue weighted by Crippen LogP contribution is 2.28. The maximum absolute atomic E-state index is 12.7. The third kappa shape index (κ3) is 3.91. The molecular weight excluding hydrogens is 332 g/mol. The molecule has 2 aromatic rings. The van der Waals surface area contributed by atoms with Gasteiger partial charge in [-0.25, -0.2) is 0 Å². The fourth-order valence-electron chi connectivity index (χ4n) is 2.81. The summed E-state index contributed by atoms with van der Waals surface area (Å²) in [4.78, 5) is 39.4. The fourth-order valence-corrected chi connectivity index (χ4v) is 2.81. The Morgan fingerprint density at radius 2 is 1.58 bits per heavy atom. The van der Waals surface area contributed by atoms with Crippen molar-refractivity contribution in [2.45, 2.75) is 18.9 Å². The number of carboxylic acids is 1. The van der Waals surface area contributed by atoms with Crippen LogP contribution >= 0.6 is 0 Å². The molecule has 0 bridgehead atoms. The number of aliphatic carboxylic acids is 1. The summed E-state index contributed by atoms with van der Waals surface area (Å²) < 4.78 is 0. The molecule has 1 saturated carbocycles. The predicted octanol–water partition coefficient (Wildman–Crippen LogP) is 2.65. The number of para-hydroxylation sites is 1. The number of carbonyl (C=O) groups is 3. The third-order valence-electron chi connectivity index (χ3n) is 4.36. The molecule has 3 rings (SSSR count). The molecular formula is C20H20N2O4. The van der Waals surface area contributed by atoms with Crippen molar-refractivity contribution in [3.63, 3.8) is 0 Å². The zero-order valence-corrected chi connectivity index (χ0v) is 14.5. The average Bonchev–Trinajstić information content (AvgIpc) is 3.50. The number of rotatable bonds is 6. The second-order valence-corrected chi connectivity index (χ2v) is 6.34. The normalized spacial score (nSPS) is 13.1. The molecule has 0 spiro atoms. The van der Waals surface area contributed by atoms with Crippen LogP contribution in [0.3, 0.4) is 0 Å². The van der Waals surface area contributed by atoms with Gasteiger partial charge >= 0.3 is 5.97 Å². The average molecular weight is 352 g/mol. The van der Waals surface area contributed by atoms with Crippen LogP contribution in [-0.4, -0.2) is 47.4 Å². The van der Waals surface area contributed by atoms with Crippen LogP contribution in [-0.2, 0) is 4.79 Å². The van der Waals surface area contributed by atoms with Crippen LogP contribution < -0.4 is 4.90 Å². The molecule has 134 valence electrons. The molecule has 0 aliphatic heterocycles. The number of nitrogens with zero attached hydrogens (tertiary/aromatic N) is 2. The first-order valence-electron chi connectivity index (χ1n) is 8.43. The molecule has 0 atom stereocenters. The van der Waals surface area contributed by atoms with E-state index in [1.54, 1.807) is 25.2 Å². The topological polar surface area (TPSA) is 77.9 Å². The molecule has 1 fully saturated rings. The molecule has 0 unspecified atom stereocenters.